The van der Waals surface area contributed by atoms with E-state index in [1.165, 1.54) is 4.57 Å². The monoisotopic (exact) mass is 388 g/mol. The molecular formula is C18H17ClN4O2S. The summed E-state index contributed by atoms with van der Waals surface area (Å²) in [4.78, 5) is 29.0. The summed E-state index contributed by atoms with van der Waals surface area (Å²) < 4.78 is 4.22. The molecule has 2 N–H and O–H groups in total. The van der Waals surface area contributed by atoms with Crippen molar-refractivity contribution in [2.24, 2.45) is 4.99 Å². The molecule has 3 aromatic rings. The number of carbonyl (C=O) groups excluding carboxylic acids is 1. The molecule has 0 aliphatic carbocycles. The van der Waals surface area contributed by atoms with Gasteiger partial charge in [0.05, 0.1) is 12.2 Å². The Morgan fingerprint density at radius 3 is 2.85 bits per heavy atom. The van der Waals surface area contributed by atoms with Crippen molar-refractivity contribution in [2.45, 2.75) is 13.5 Å². The number of carbonyl (C=O) groups is 1. The Kier molecular flexibility index (Phi) is 5.39. The summed E-state index contributed by atoms with van der Waals surface area (Å²) in [7, 11) is 1.58. The Morgan fingerprint density at radius 2 is 2.12 bits per heavy atom. The average molecular weight is 389 g/mol. The predicted molar refractivity (Wildman–Crippen MR) is 103 cm³/mol. The van der Waals surface area contributed by atoms with Gasteiger partial charge in [-0.05, 0) is 53.8 Å². The summed E-state index contributed by atoms with van der Waals surface area (Å²) in [5, 5.41) is 3.21. The van der Waals surface area contributed by atoms with Gasteiger partial charge in [-0.15, -0.1) is 0 Å². The highest BCUT2D eigenvalue weighted by molar-refractivity contribution is 7.02. The zero-order valence-corrected chi connectivity index (χ0v) is 15.8. The van der Waals surface area contributed by atoms with E-state index >= 15 is 0 Å². The summed E-state index contributed by atoms with van der Waals surface area (Å²) in [6.45, 7) is 2.22. The third kappa shape index (κ3) is 3.95. The third-order valence-electron chi connectivity index (χ3n) is 3.84. The zero-order chi connectivity index (χ0) is 18.7. The second kappa shape index (κ2) is 7.72. The molecule has 0 fully saturated rings. The molecule has 0 radical (unpaired) electrons. The Balaban J connectivity index is 1.98. The minimum atomic E-state index is -0.252. The molecule has 0 saturated heterocycles. The number of H-pyrrole nitrogens is 1. The van der Waals surface area contributed by atoms with Gasteiger partial charge in [0.1, 0.15) is 0 Å². The van der Waals surface area contributed by atoms with Crippen LogP contribution in [-0.2, 0) is 6.54 Å². The fourth-order valence-electron chi connectivity index (χ4n) is 2.41. The molecule has 6 nitrogen and oxygen atoms in total. The maximum atomic E-state index is 12.2. The van der Waals surface area contributed by atoms with Gasteiger partial charge < -0.3 is 5.32 Å². The van der Waals surface area contributed by atoms with Gasteiger partial charge in [-0.2, -0.15) is 0 Å². The summed E-state index contributed by atoms with van der Waals surface area (Å²) in [6.07, 6.45) is 0. The molecule has 8 heteroatoms. The van der Waals surface area contributed by atoms with Gasteiger partial charge in [0, 0.05) is 17.6 Å². The van der Waals surface area contributed by atoms with E-state index in [0.29, 0.717) is 27.6 Å². The van der Waals surface area contributed by atoms with Crippen molar-refractivity contribution in [3.05, 3.63) is 79.5 Å². The van der Waals surface area contributed by atoms with Crippen LogP contribution in [0.25, 0.3) is 0 Å². The summed E-state index contributed by atoms with van der Waals surface area (Å²) in [5.41, 5.74) is 2.76. The van der Waals surface area contributed by atoms with Gasteiger partial charge in [-0.25, -0.2) is 9.79 Å². The number of hydrogen-bond acceptors (Lipinski definition) is 4. The maximum Gasteiger partial charge on any atom is 0.337 e. The molecule has 1 aromatic heterocycles. The average Bonchev–Trinajstić information content (AvgIpc) is 2.97. The van der Waals surface area contributed by atoms with Crippen molar-refractivity contribution in [3.8, 4) is 0 Å². The van der Waals surface area contributed by atoms with Gasteiger partial charge in [-0.3, -0.25) is 13.7 Å². The molecule has 0 bridgehead atoms. The molecule has 0 atom stereocenters. The van der Waals surface area contributed by atoms with Crippen molar-refractivity contribution >= 4 is 34.7 Å². The lowest BCUT2D eigenvalue weighted by molar-refractivity contribution is 0.0963. The van der Waals surface area contributed by atoms with Crippen molar-refractivity contribution < 1.29 is 4.79 Å². The van der Waals surface area contributed by atoms with E-state index in [-0.39, 0.29) is 11.6 Å². The van der Waals surface area contributed by atoms with E-state index in [1.54, 1.807) is 31.3 Å². The molecule has 0 aliphatic heterocycles. The van der Waals surface area contributed by atoms with Crippen LogP contribution in [0.1, 0.15) is 21.5 Å². The van der Waals surface area contributed by atoms with E-state index in [4.69, 9.17) is 11.6 Å². The molecule has 26 heavy (non-hydrogen) atoms. The quantitative estimate of drug-likeness (QED) is 0.720. The van der Waals surface area contributed by atoms with Crippen molar-refractivity contribution in [3.63, 3.8) is 0 Å². The van der Waals surface area contributed by atoms with E-state index in [0.717, 1.165) is 22.7 Å². The van der Waals surface area contributed by atoms with Gasteiger partial charge in [0.2, 0.25) is 4.80 Å². The lowest BCUT2D eigenvalue weighted by Gasteiger charge is -2.05. The zero-order valence-electron chi connectivity index (χ0n) is 14.2. The van der Waals surface area contributed by atoms with E-state index in [2.05, 4.69) is 14.7 Å². The fraction of sp³-hybridized carbons (Fsp3) is 0.167. The van der Waals surface area contributed by atoms with E-state index in [1.807, 2.05) is 25.1 Å². The molecule has 0 unspecified atom stereocenters. The minimum absolute atomic E-state index is 0.171. The molecular weight excluding hydrogens is 372 g/mol. The SMILES string of the molecule is CNC(=O)c1cccc(Cn2c(=O)[nH]sc2=Nc2ccc(C)c(Cl)c2)c1. The van der Waals surface area contributed by atoms with Crippen molar-refractivity contribution in [2.75, 3.05) is 7.05 Å². The number of rotatable bonds is 4. The number of aromatic nitrogens is 2. The number of benzene rings is 2. The highest BCUT2D eigenvalue weighted by atomic mass is 35.5. The normalized spacial score (nSPS) is 11.6. The summed E-state index contributed by atoms with van der Waals surface area (Å²) in [5.74, 6) is -0.171. The molecule has 2 aromatic carbocycles. The smallest absolute Gasteiger partial charge is 0.337 e. The third-order valence-corrected chi connectivity index (χ3v) is 5.02. The lowest BCUT2D eigenvalue weighted by Crippen LogP contribution is -2.27. The number of nitrogens with one attached hydrogen (secondary N) is 2. The predicted octanol–water partition coefficient (Wildman–Crippen LogP) is 2.84. The van der Waals surface area contributed by atoms with Crippen molar-refractivity contribution in [1.29, 1.82) is 0 Å². The van der Waals surface area contributed by atoms with Crippen LogP contribution in [0.5, 0.6) is 0 Å². The molecule has 1 amide bonds. The van der Waals surface area contributed by atoms with Crippen LogP contribution >= 0.6 is 23.1 Å². The lowest BCUT2D eigenvalue weighted by atomic mass is 10.1. The molecule has 134 valence electrons. The Hall–Kier alpha value is -2.64. The number of aromatic amines is 1. The molecule has 0 spiro atoms. The first-order chi connectivity index (χ1) is 12.5. The van der Waals surface area contributed by atoms with Gasteiger partial charge >= 0.3 is 5.69 Å². The molecule has 0 aliphatic rings. The standard InChI is InChI=1S/C18H17ClN4O2S/c1-11-6-7-14(9-15(11)19)21-18-23(17(25)22-26-18)10-12-4-3-5-13(8-12)16(24)20-2/h3-9H,10H2,1-2H3,(H,20,24)(H,22,25). The number of halogens is 1. The maximum absolute atomic E-state index is 12.2. The topological polar surface area (TPSA) is 79.2 Å². The highest BCUT2D eigenvalue weighted by Crippen LogP contribution is 2.21. The number of amides is 1. The van der Waals surface area contributed by atoms with Gasteiger partial charge in [0.25, 0.3) is 5.91 Å². The van der Waals surface area contributed by atoms with Crippen LogP contribution in [0.4, 0.5) is 5.69 Å². The number of aryl methyl sites for hydroxylation is 1. The van der Waals surface area contributed by atoms with Crippen LogP contribution < -0.4 is 15.8 Å². The second-order valence-corrected chi connectivity index (χ2v) is 6.88. The Labute approximate surface area is 159 Å². The number of hydrogen-bond donors (Lipinski definition) is 2. The summed E-state index contributed by atoms with van der Waals surface area (Å²) >= 11 is 7.30. The summed E-state index contributed by atoms with van der Waals surface area (Å²) in [6, 6.07) is 12.6. The van der Waals surface area contributed by atoms with Crippen LogP contribution in [0.3, 0.4) is 0 Å². The first-order valence-electron chi connectivity index (χ1n) is 7.88. The highest BCUT2D eigenvalue weighted by Gasteiger charge is 2.08. The first-order valence-corrected chi connectivity index (χ1v) is 9.07. The van der Waals surface area contributed by atoms with Gasteiger partial charge in [0.15, 0.2) is 0 Å². The Morgan fingerprint density at radius 1 is 1.31 bits per heavy atom. The van der Waals surface area contributed by atoms with Crippen LogP contribution in [0.15, 0.2) is 52.3 Å². The van der Waals surface area contributed by atoms with Crippen molar-refractivity contribution in [1.82, 2.24) is 14.3 Å². The molecule has 3 rings (SSSR count). The fourth-order valence-corrected chi connectivity index (χ4v) is 3.28. The van der Waals surface area contributed by atoms with Crippen LogP contribution in [-0.4, -0.2) is 21.9 Å². The first kappa shape index (κ1) is 18.2. The number of nitrogens with zero attached hydrogens (tertiary/aromatic N) is 2. The van der Waals surface area contributed by atoms with Crippen LogP contribution in [0, 0.1) is 6.92 Å². The van der Waals surface area contributed by atoms with Gasteiger partial charge in [-0.1, -0.05) is 29.8 Å². The van der Waals surface area contributed by atoms with Crippen LogP contribution in [0.2, 0.25) is 5.02 Å². The van der Waals surface area contributed by atoms with E-state index < -0.39 is 0 Å². The van der Waals surface area contributed by atoms with E-state index in [9.17, 15) is 9.59 Å². The minimum Gasteiger partial charge on any atom is -0.355 e. The largest absolute Gasteiger partial charge is 0.355 e. The molecule has 0 saturated carbocycles. The molecule has 1 heterocycles. The Bertz CT molecular complexity index is 1080. The second-order valence-electron chi connectivity index (χ2n) is 5.70.